The molecule has 0 aromatic heterocycles. The zero-order valence-corrected chi connectivity index (χ0v) is 13.3. The molecule has 1 aromatic rings. The van der Waals surface area contributed by atoms with Crippen molar-refractivity contribution in [3.63, 3.8) is 0 Å². The van der Waals surface area contributed by atoms with Crippen molar-refractivity contribution in [2.45, 2.75) is 32.8 Å². The summed E-state index contributed by atoms with van der Waals surface area (Å²) in [5.41, 5.74) is 3.66. The lowest BCUT2D eigenvalue weighted by molar-refractivity contribution is -0.146. The zero-order chi connectivity index (χ0) is 15.7. The number of hydrogen-bond donors (Lipinski definition) is 0. The first kappa shape index (κ1) is 14.8. The van der Waals surface area contributed by atoms with E-state index in [4.69, 9.17) is 4.74 Å². The molecule has 2 nitrogen and oxygen atoms in total. The Labute approximate surface area is 132 Å². The number of rotatable bonds is 3. The maximum Gasteiger partial charge on any atom is 0.303 e. The van der Waals surface area contributed by atoms with E-state index in [1.807, 2.05) is 6.07 Å². The Bertz CT molecular complexity index is 648. The van der Waals surface area contributed by atoms with E-state index >= 15 is 0 Å². The summed E-state index contributed by atoms with van der Waals surface area (Å²) in [6.07, 6.45) is 8.69. The fraction of sp³-hybridized carbons (Fsp3) is 0.350. The van der Waals surface area contributed by atoms with E-state index in [9.17, 15) is 4.79 Å². The Morgan fingerprint density at radius 2 is 1.82 bits per heavy atom. The Kier molecular flexibility index (Phi) is 4.02. The van der Waals surface area contributed by atoms with Crippen LogP contribution in [0.1, 0.15) is 32.3 Å². The van der Waals surface area contributed by atoms with E-state index in [1.165, 1.54) is 18.1 Å². The standard InChI is InChI=1S/C20H22O2/c1-13(2)11-17-12-16-9-10-18(20(17)22-14(3)21)19(16)15-7-5-4-6-8-15/h4-12,16,18-20H,1-3H3/t16?,18?,19?,20-/m1/s1. The van der Waals surface area contributed by atoms with E-state index in [-0.39, 0.29) is 18.0 Å². The molecule has 2 aliphatic rings. The molecule has 0 radical (unpaired) electrons. The van der Waals surface area contributed by atoms with Crippen LogP contribution >= 0.6 is 0 Å². The van der Waals surface area contributed by atoms with Gasteiger partial charge in [0.2, 0.25) is 0 Å². The number of hydrogen-bond acceptors (Lipinski definition) is 2. The van der Waals surface area contributed by atoms with Gasteiger partial charge in [-0.3, -0.25) is 4.79 Å². The second-order valence-corrected chi connectivity index (χ2v) is 6.39. The lowest BCUT2D eigenvalue weighted by atomic mass is 9.73. The summed E-state index contributed by atoms with van der Waals surface area (Å²) in [5, 5.41) is 0. The minimum atomic E-state index is -0.219. The van der Waals surface area contributed by atoms with Gasteiger partial charge in [-0.15, -0.1) is 0 Å². The van der Waals surface area contributed by atoms with Crippen LogP contribution in [0.15, 0.2) is 65.8 Å². The van der Waals surface area contributed by atoms with Gasteiger partial charge in [-0.1, -0.05) is 60.2 Å². The molecule has 114 valence electrons. The molecule has 1 aromatic carbocycles. The third-order valence-corrected chi connectivity index (χ3v) is 4.38. The molecular weight excluding hydrogens is 272 g/mol. The monoisotopic (exact) mass is 294 g/mol. The SMILES string of the molecule is CC(=O)O[C@@H]1C(C=C(C)C)=CC2C=CC1C2c1ccccc1. The Morgan fingerprint density at radius 1 is 1.09 bits per heavy atom. The summed E-state index contributed by atoms with van der Waals surface area (Å²) in [6, 6.07) is 10.5. The van der Waals surface area contributed by atoms with Crippen molar-refractivity contribution in [3.8, 4) is 0 Å². The second-order valence-electron chi connectivity index (χ2n) is 6.39. The number of carbonyl (C=O) groups is 1. The highest BCUT2D eigenvalue weighted by Gasteiger charge is 2.43. The second kappa shape index (κ2) is 5.96. The molecule has 3 rings (SSSR count). The maximum atomic E-state index is 11.6. The minimum Gasteiger partial charge on any atom is -0.457 e. The van der Waals surface area contributed by atoms with Crippen molar-refractivity contribution in [1.82, 2.24) is 0 Å². The number of ether oxygens (including phenoxy) is 1. The highest BCUT2D eigenvalue weighted by atomic mass is 16.5. The number of carbonyl (C=O) groups excluding carboxylic acids is 1. The van der Waals surface area contributed by atoms with E-state index in [0.717, 1.165) is 5.57 Å². The van der Waals surface area contributed by atoms with Crippen molar-refractivity contribution in [2.24, 2.45) is 11.8 Å². The molecule has 2 bridgehead atoms. The molecule has 0 saturated carbocycles. The first-order chi connectivity index (χ1) is 10.6. The van der Waals surface area contributed by atoms with Gasteiger partial charge in [0.05, 0.1) is 0 Å². The number of esters is 1. The van der Waals surface area contributed by atoms with Crippen LogP contribution in [0.3, 0.4) is 0 Å². The molecule has 22 heavy (non-hydrogen) atoms. The Morgan fingerprint density at radius 3 is 2.45 bits per heavy atom. The molecule has 0 spiro atoms. The lowest BCUT2D eigenvalue weighted by Gasteiger charge is -2.35. The quantitative estimate of drug-likeness (QED) is 0.609. The predicted octanol–water partition coefficient (Wildman–Crippen LogP) is 4.41. The highest BCUT2D eigenvalue weighted by molar-refractivity contribution is 5.67. The fourth-order valence-electron chi connectivity index (χ4n) is 3.65. The Balaban J connectivity index is 2.01. The van der Waals surface area contributed by atoms with Crippen LogP contribution in [-0.2, 0) is 9.53 Å². The van der Waals surface area contributed by atoms with Crippen LogP contribution in [0.25, 0.3) is 0 Å². The van der Waals surface area contributed by atoms with Crippen molar-refractivity contribution in [2.75, 3.05) is 0 Å². The average Bonchev–Trinajstić information content (AvgIpc) is 2.80. The largest absolute Gasteiger partial charge is 0.457 e. The molecule has 0 amide bonds. The number of benzene rings is 1. The van der Waals surface area contributed by atoms with Gasteiger partial charge in [-0.05, 0) is 25.0 Å². The first-order valence-electron chi connectivity index (χ1n) is 7.83. The van der Waals surface area contributed by atoms with Crippen molar-refractivity contribution >= 4 is 5.97 Å². The molecule has 3 unspecified atom stereocenters. The highest BCUT2D eigenvalue weighted by Crippen LogP contribution is 2.48. The van der Waals surface area contributed by atoms with Crippen LogP contribution < -0.4 is 0 Å². The molecule has 2 heteroatoms. The Hall–Kier alpha value is -2.09. The summed E-state index contributed by atoms with van der Waals surface area (Å²) < 4.78 is 5.68. The minimum absolute atomic E-state index is 0.187. The van der Waals surface area contributed by atoms with Gasteiger partial charge < -0.3 is 4.74 Å². The third kappa shape index (κ3) is 2.78. The number of fused-ring (bicyclic) bond motifs is 2. The van der Waals surface area contributed by atoms with Gasteiger partial charge in [0, 0.05) is 24.7 Å². The predicted molar refractivity (Wildman–Crippen MR) is 88.4 cm³/mol. The van der Waals surface area contributed by atoms with E-state index in [2.05, 4.69) is 62.4 Å². The summed E-state index contributed by atoms with van der Waals surface area (Å²) in [7, 11) is 0. The molecule has 0 saturated heterocycles. The van der Waals surface area contributed by atoms with Gasteiger partial charge in [-0.2, -0.15) is 0 Å². The van der Waals surface area contributed by atoms with Crippen molar-refractivity contribution in [3.05, 3.63) is 71.3 Å². The van der Waals surface area contributed by atoms with Gasteiger partial charge in [-0.25, -0.2) is 0 Å². The molecule has 0 fully saturated rings. The maximum absolute atomic E-state index is 11.6. The van der Waals surface area contributed by atoms with E-state index < -0.39 is 0 Å². The molecule has 0 heterocycles. The van der Waals surface area contributed by atoms with E-state index in [1.54, 1.807) is 0 Å². The van der Waals surface area contributed by atoms with Crippen LogP contribution in [0.2, 0.25) is 0 Å². The molecule has 0 aliphatic heterocycles. The van der Waals surface area contributed by atoms with Crippen molar-refractivity contribution < 1.29 is 9.53 Å². The van der Waals surface area contributed by atoms with Gasteiger partial charge in [0.15, 0.2) is 0 Å². The topological polar surface area (TPSA) is 26.3 Å². The smallest absolute Gasteiger partial charge is 0.303 e. The summed E-state index contributed by atoms with van der Waals surface area (Å²) in [5.74, 6) is 0.736. The molecule has 0 N–H and O–H groups in total. The zero-order valence-electron chi connectivity index (χ0n) is 13.3. The first-order valence-corrected chi connectivity index (χ1v) is 7.83. The van der Waals surface area contributed by atoms with E-state index in [0.29, 0.717) is 11.8 Å². The summed E-state index contributed by atoms with van der Waals surface area (Å²) >= 11 is 0. The lowest BCUT2D eigenvalue weighted by Crippen LogP contribution is -2.34. The van der Waals surface area contributed by atoms with Gasteiger partial charge >= 0.3 is 5.97 Å². The van der Waals surface area contributed by atoms with Crippen LogP contribution in [0.4, 0.5) is 0 Å². The third-order valence-electron chi connectivity index (χ3n) is 4.38. The normalized spacial score (nSPS) is 29.0. The summed E-state index contributed by atoms with van der Waals surface area (Å²) in [6.45, 7) is 5.64. The molecule has 2 aliphatic carbocycles. The fourth-order valence-corrected chi connectivity index (χ4v) is 3.65. The number of allylic oxidation sites excluding steroid dienone is 3. The van der Waals surface area contributed by atoms with Crippen molar-refractivity contribution in [1.29, 1.82) is 0 Å². The van der Waals surface area contributed by atoms with Crippen LogP contribution in [0, 0.1) is 11.8 Å². The molecule has 4 atom stereocenters. The van der Waals surface area contributed by atoms with Gasteiger partial charge in [0.1, 0.15) is 6.10 Å². The molecular formula is C20H22O2. The van der Waals surface area contributed by atoms with Gasteiger partial charge in [0.25, 0.3) is 0 Å². The average molecular weight is 294 g/mol. The van der Waals surface area contributed by atoms with Crippen LogP contribution in [-0.4, -0.2) is 12.1 Å². The van der Waals surface area contributed by atoms with Crippen LogP contribution in [0.5, 0.6) is 0 Å². The summed E-state index contributed by atoms with van der Waals surface area (Å²) in [4.78, 5) is 11.6.